The van der Waals surface area contributed by atoms with Gasteiger partial charge in [-0.25, -0.2) is 4.98 Å². The number of benzene rings is 1. The van der Waals surface area contributed by atoms with Crippen LogP contribution in [-0.2, 0) is 0 Å². The van der Waals surface area contributed by atoms with Crippen molar-refractivity contribution in [3.63, 3.8) is 0 Å². The largest absolute Gasteiger partial charge is 0.509 e. The Morgan fingerprint density at radius 2 is 2.07 bits per heavy atom. The van der Waals surface area contributed by atoms with Crippen molar-refractivity contribution in [1.82, 2.24) is 4.98 Å². The van der Waals surface area contributed by atoms with Gasteiger partial charge in [0, 0.05) is 0 Å². The fraction of sp³-hybridized carbons (Fsp3) is 0. The van der Waals surface area contributed by atoms with E-state index in [0.29, 0.717) is 22.1 Å². The molecule has 0 bridgehead atoms. The normalized spacial score (nSPS) is 9.93. The van der Waals surface area contributed by atoms with Gasteiger partial charge in [0.1, 0.15) is 25.4 Å². The van der Waals surface area contributed by atoms with E-state index in [-0.39, 0.29) is 5.75 Å². The molecule has 1 aromatic carbocycles. The Morgan fingerprint density at radius 1 is 1.29 bits per heavy atom. The zero-order chi connectivity index (χ0) is 10.1. The topological polar surface area (TPSA) is 56.9 Å². The number of hydrogen-bond donors (Lipinski definition) is 1. The van der Waals surface area contributed by atoms with Crippen LogP contribution in [0.1, 0.15) is 5.69 Å². The summed E-state index contributed by atoms with van der Waals surface area (Å²) in [5.41, 5.74) is 1.24. The van der Waals surface area contributed by atoms with Gasteiger partial charge >= 0.3 is 0 Å². The summed E-state index contributed by atoms with van der Waals surface area (Å²) in [5, 5.41) is 18.6. The van der Waals surface area contributed by atoms with Crippen LogP contribution in [0, 0.1) is 11.3 Å². The number of phenolic OH excluding ortho intramolecular Hbond substituents is 1. The summed E-state index contributed by atoms with van der Waals surface area (Å²) in [5.74, 6) is 0.0315. The van der Waals surface area contributed by atoms with E-state index in [1.807, 2.05) is 6.07 Å². The number of phenols is 1. The minimum Gasteiger partial charge on any atom is -0.509 e. The standard InChI is InChI=1S/C10H5BN2O/c11-10-7-2-1-6(5-12)13-8(7)3-4-9(10)14/h1-4,14H. The van der Waals surface area contributed by atoms with E-state index in [1.54, 1.807) is 18.2 Å². The van der Waals surface area contributed by atoms with E-state index in [4.69, 9.17) is 13.1 Å². The molecule has 0 aliphatic carbocycles. The van der Waals surface area contributed by atoms with Crippen molar-refractivity contribution in [2.45, 2.75) is 0 Å². The van der Waals surface area contributed by atoms with Crippen LogP contribution in [0.3, 0.4) is 0 Å². The number of rotatable bonds is 0. The van der Waals surface area contributed by atoms with E-state index in [2.05, 4.69) is 4.98 Å². The summed E-state index contributed by atoms with van der Waals surface area (Å²) in [4.78, 5) is 4.04. The highest BCUT2D eigenvalue weighted by atomic mass is 16.3. The van der Waals surface area contributed by atoms with Gasteiger partial charge in [-0.2, -0.15) is 5.26 Å². The molecule has 0 aliphatic heterocycles. The molecule has 0 unspecified atom stereocenters. The molecular weight excluding hydrogens is 175 g/mol. The molecule has 1 N–H and O–H groups in total. The third-order valence-electron chi connectivity index (χ3n) is 2.00. The number of pyridine rings is 1. The van der Waals surface area contributed by atoms with Crippen LogP contribution in [-0.4, -0.2) is 17.9 Å². The molecule has 0 spiro atoms. The van der Waals surface area contributed by atoms with E-state index in [9.17, 15) is 5.11 Å². The molecule has 3 nitrogen and oxygen atoms in total. The summed E-state index contributed by atoms with van der Waals surface area (Å²) < 4.78 is 0. The van der Waals surface area contributed by atoms with Crippen LogP contribution >= 0.6 is 0 Å². The number of nitriles is 1. The smallest absolute Gasteiger partial charge is 0.141 e. The highest BCUT2D eigenvalue weighted by Crippen LogP contribution is 2.14. The Kier molecular flexibility index (Phi) is 1.86. The van der Waals surface area contributed by atoms with Gasteiger partial charge in [0.2, 0.25) is 0 Å². The summed E-state index contributed by atoms with van der Waals surface area (Å²) in [6.45, 7) is 0. The Bertz CT molecular complexity index is 546. The van der Waals surface area contributed by atoms with Crippen molar-refractivity contribution in [1.29, 1.82) is 5.26 Å². The third-order valence-corrected chi connectivity index (χ3v) is 2.00. The lowest BCUT2D eigenvalue weighted by molar-refractivity contribution is 0.480. The summed E-state index contributed by atoms with van der Waals surface area (Å²) >= 11 is 0. The van der Waals surface area contributed by atoms with Gasteiger partial charge in [-0.3, -0.25) is 0 Å². The SMILES string of the molecule is [B]c1c(O)ccc2nc(C#N)ccc12. The van der Waals surface area contributed by atoms with Crippen molar-refractivity contribution >= 4 is 24.2 Å². The first-order valence-corrected chi connectivity index (χ1v) is 4.00. The van der Waals surface area contributed by atoms with E-state index < -0.39 is 0 Å². The maximum Gasteiger partial charge on any atom is 0.141 e. The van der Waals surface area contributed by atoms with Crippen molar-refractivity contribution < 1.29 is 5.11 Å². The number of fused-ring (bicyclic) bond motifs is 1. The second-order valence-electron chi connectivity index (χ2n) is 2.87. The molecule has 0 aliphatic rings. The number of nitrogens with zero attached hydrogens (tertiary/aromatic N) is 2. The average Bonchev–Trinajstić information content (AvgIpc) is 2.23. The minimum atomic E-state index is 0.0315. The molecule has 0 atom stereocenters. The Hall–Kier alpha value is -2.02. The first kappa shape index (κ1) is 8.58. The first-order valence-electron chi connectivity index (χ1n) is 4.00. The molecule has 0 saturated carbocycles. The molecule has 14 heavy (non-hydrogen) atoms. The fourth-order valence-electron chi connectivity index (χ4n) is 1.28. The molecule has 64 valence electrons. The molecule has 4 heteroatoms. The van der Waals surface area contributed by atoms with E-state index >= 15 is 0 Å². The lowest BCUT2D eigenvalue weighted by atomic mass is 9.90. The van der Waals surface area contributed by atoms with Crippen molar-refractivity contribution in [2.24, 2.45) is 0 Å². The molecule has 2 radical (unpaired) electrons. The summed E-state index contributed by atoms with van der Waals surface area (Å²) in [7, 11) is 5.64. The van der Waals surface area contributed by atoms with Crippen LogP contribution in [0.5, 0.6) is 5.75 Å². The predicted molar refractivity (Wildman–Crippen MR) is 53.5 cm³/mol. The second-order valence-corrected chi connectivity index (χ2v) is 2.87. The average molecular weight is 180 g/mol. The maximum atomic E-state index is 9.33. The predicted octanol–water partition coefficient (Wildman–Crippen LogP) is 0.606. The van der Waals surface area contributed by atoms with Crippen molar-refractivity contribution in [3.05, 3.63) is 30.0 Å². The Morgan fingerprint density at radius 3 is 2.79 bits per heavy atom. The van der Waals surface area contributed by atoms with Gasteiger partial charge in [0.05, 0.1) is 5.52 Å². The van der Waals surface area contributed by atoms with Crippen molar-refractivity contribution in [2.75, 3.05) is 0 Å². The minimum absolute atomic E-state index is 0.0315. The van der Waals surface area contributed by atoms with Crippen LogP contribution in [0.25, 0.3) is 10.9 Å². The molecule has 0 amide bonds. The van der Waals surface area contributed by atoms with E-state index in [0.717, 1.165) is 0 Å². The monoisotopic (exact) mass is 180 g/mol. The molecule has 2 aromatic rings. The van der Waals surface area contributed by atoms with Crippen LogP contribution in [0.15, 0.2) is 24.3 Å². The quantitative estimate of drug-likeness (QED) is 0.604. The number of aromatic hydroxyl groups is 1. The Labute approximate surface area is 82.0 Å². The summed E-state index contributed by atoms with van der Waals surface area (Å²) in [6.07, 6.45) is 0. The fourth-order valence-corrected chi connectivity index (χ4v) is 1.28. The highest BCUT2D eigenvalue weighted by molar-refractivity contribution is 6.40. The van der Waals surface area contributed by atoms with Crippen LogP contribution in [0.4, 0.5) is 0 Å². The Balaban J connectivity index is 2.83. The maximum absolute atomic E-state index is 9.33. The van der Waals surface area contributed by atoms with Gasteiger partial charge in [0.15, 0.2) is 0 Å². The van der Waals surface area contributed by atoms with Gasteiger partial charge in [-0.05, 0) is 29.0 Å². The molecule has 0 saturated heterocycles. The molecular formula is C10H5BN2O. The lowest BCUT2D eigenvalue weighted by Gasteiger charge is -2.03. The van der Waals surface area contributed by atoms with Crippen LogP contribution < -0.4 is 5.46 Å². The third kappa shape index (κ3) is 1.19. The van der Waals surface area contributed by atoms with Gasteiger partial charge in [-0.15, -0.1) is 0 Å². The molecule has 0 fully saturated rings. The van der Waals surface area contributed by atoms with E-state index in [1.165, 1.54) is 6.07 Å². The second kappa shape index (κ2) is 3.04. The van der Waals surface area contributed by atoms with Gasteiger partial charge in [0.25, 0.3) is 0 Å². The number of hydrogen-bond acceptors (Lipinski definition) is 3. The van der Waals surface area contributed by atoms with Crippen molar-refractivity contribution in [3.8, 4) is 11.8 Å². The summed E-state index contributed by atoms with van der Waals surface area (Å²) in [6, 6.07) is 8.27. The first-order chi connectivity index (χ1) is 6.72. The van der Waals surface area contributed by atoms with Gasteiger partial charge in [-0.1, -0.05) is 6.07 Å². The molecule has 1 heterocycles. The highest BCUT2D eigenvalue weighted by Gasteiger charge is 2.03. The number of aromatic nitrogens is 1. The van der Waals surface area contributed by atoms with Gasteiger partial charge < -0.3 is 5.11 Å². The van der Waals surface area contributed by atoms with Crippen LogP contribution in [0.2, 0.25) is 0 Å². The lowest BCUT2D eigenvalue weighted by Crippen LogP contribution is -2.05. The molecule has 1 aromatic heterocycles. The molecule has 2 rings (SSSR count). The zero-order valence-corrected chi connectivity index (χ0v) is 7.23. The zero-order valence-electron chi connectivity index (χ0n) is 7.23.